The number of rotatable bonds is 7. The van der Waals surface area contributed by atoms with Crippen LogP contribution in [0.25, 0.3) is 0 Å². The zero-order chi connectivity index (χ0) is 13.4. The maximum absolute atomic E-state index is 11.9. The minimum atomic E-state index is -0.779. The molecule has 0 aromatic carbocycles. The molecule has 0 radical (unpaired) electrons. The van der Waals surface area contributed by atoms with Gasteiger partial charge in [0.2, 0.25) is 0 Å². The summed E-state index contributed by atoms with van der Waals surface area (Å²) in [5.74, 6) is 0.372. The van der Waals surface area contributed by atoms with E-state index in [1.54, 1.807) is 7.11 Å². The molecule has 1 rings (SSSR count). The van der Waals surface area contributed by atoms with E-state index in [0.29, 0.717) is 25.7 Å². The van der Waals surface area contributed by atoms with Crippen molar-refractivity contribution in [3.8, 4) is 0 Å². The van der Waals surface area contributed by atoms with E-state index in [0.717, 1.165) is 25.7 Å². The molecule has 18 heavy (non-hydrogen) atoms. The lowest BCUT2D eigenvalue weighted by molar-refractivity contribution is -0.153. The summed E-state index contributed by atoms with van der Waals surface area (Å²) < 4.78 is 15.2. The Kier molecular flexibility index (Phi) is 6.60. The van der Waals surface area contributed by atoms with Crippen LogP contribution in [0.4, 0.5) is 0 Å². The van der Waals surface area contributed by atoms with Crippen molar-refractivity contribution in [2.75, 3.05) is 33.5 Å². The van der Waals surface area contributed by atoms with Crippen LogP contribution in [0, 0.1) is 5.92 Å². The van der Waals surface area contributed by atoms with E-state index >= 15 is 0 Å². The van der Waals surface area contributed by atoms with Crippen molar-refractivity contribution < 1.29 is 19.0 Å². The molecule has 0 heterocycles. The van der Waals surface area contributed by atoms with Crippen LogP contribution in [0.2, 0.25) is 0 Å². The van der Waals surface area contributed by atoms with Gasteiger partial charge in [-0.15, -0.1) is 0 Å². The Hall–Kier alpha value is -0.650. The molecule has 0 bridgehead atoms. The topological polar surface area (TPSA) is 70.8 Å². The fourth-order valence-electron chi connectivity index (χ4n) is 2.06. The molecule has 0 aromatic rings. The van der Waals surface area contributed by atoms with E-state index in [1.807, 2.05) is 0 Å². The first-order chi connectivity index (χ1) is 8.58. The third-order valence-corrected chi connectivity index (χ3v) is 3.47. The minimum Gasteiger partial charge on any atom is -0.462 e. The molecule has 5 heteroatoms. The van der Waals surface area contributed by atoms with Gasteiger partial charge < -0.3 is 19.9 Å². The minimum absolute atomic E-state index is 0.261. The first kappa shape index (κ1) is 15.4. The highest BCUT2D eigenvalue weighted by molar-refractivity contribution is 5.80. The molecule has 1 saturated carbocycles. The lowest BCUT2D eigenvalue weighted by Crippen LogP contribution is -2.51. The molecule has 5 nitrogen and oxygen atoms in total. The summed E-state index contributed by atoms with van der Waals surface area (Å²) >= 11 is 0. The van der Waals surface area contributed by atoms with Crippen molar-refractivity contribution in [1.29, 1.82) is 0 Å². The van der Waals surface area contributed by atoms with Crippen LogP contribution in [-0.4, -0.2) is 45.0 Å². The number of nitrogens with two attached hydrogens (primary N) is 1. The molecule has 1 fully saturated rings. The van der Waals surface area contributed by atoms with E-state index in [4.69, 9.17) is 19.9 Å². The van der Waals surface area contributed by atoms with Gasteiger partial charge in [0.1, 0.15) is 12.1 Å². The molecule has 0 unspecified atom stereocenters. The Morgan fingerprint density at radius 2 is 1.83 bits per heavy atom. The Balaban J connectivity index is 2.16. The van der Waals surface area contributed by atoms with Gasteiger partial charge in [-0.3, -0.25) is 4.79 Å². The van der Waals surface area contributed by atoms with E-state index in [2.05, 4.69) is 6.92 Å². The predicted molar refractivity (Wildman–Crippen MR) is 68.2 cm³/mol. The second-order valence-electron chi connectivity index (χ2n) is 5.08. The molecular weight excluding hydrogens is 234 g/mol. The maximum Gasteiger partial charge on any atom is 0.326 e. The molecule has 1 aliphatic carbocycles. The summed E-state index contributed by atoms with van der Waals surface area (Å²) in [6, 6.07) is 0. The highest BCUT2D eigenvalue weighted by Gasteiger charge is 2.38. The molecule has 0 aromatic heterocycles. The molecule has 1 aliphatic rings. The number of ether oxygens (including phenoxy) is 3. The van der Waals surface area contributed by atoms with Gasteiger partial charge in [-0.25, -0.2) is 0 Å². The molecule has 0 saturated heterocycles. The fraction of sp³-hybridized carbons (Fsp3) is 0.923. The number of carbonyl (C=O) groups excluding carboxylic acids is 1. The number of hydrogen-bond donors (Lipinski definition) is 1. The van der Waals surface area contributed by atoms with Gasteiger partial charge in [-0.1, -0.05) is 6.92 Å². The van der Waals surface area contributed by atoms with Crippen LogP contribution < -0.4 is 5.73 Å². The largest absolute Gasteiger partial charge is 0.462 e. The van der Waals surface area contributed by atoms with Gasteiger partial charge in [0.15, 0.2) is 0 Å². The van der Waals surface area contributed by atoms with Crippen molar-refractivity contribution >= 4 is 5.97 Å². The summed E-state index contributed by atoms with van der Waals surface area (Å²) in [5.41, 5.74) is 5.31. The van der Waals surface area contributed by atoms with Crippen LogP contribution in [0.3, 0.4) is 0 Å². The van der Waals surface area contributed by atoms with Crippen molar-refractivity contribution in [2.45, 2.75) is 38.1 Å². The SMILES string of the molecule is COCCOCCOC(=O)C1(N)CCC(C)CC1. The molecule has 0 atom stereocenters. The number of carbonyl (C=O) groups is 1. The standard InChI is InChI=1S/C13H25NO4/c1-11-3-5-13(14,6-4-11)12(15)18-10-9-17-8-7-16-2/h11H,3-10,14H2,1-2H3. The van der Waals surface area contributed by atoms with Crippen molar-refractivity contribution in [3.05, 3.63) is 0 Å². The first-order valence-corrected chi connectivity index (χ1v) is 6.61. The fourth-order valence-corrected chi connectivity index (χ4v) is 2.06. The van der Waals surface area contributed by atoms with Crippen LogP contribution in [0.15, 0.2) is 0 Å². The highest BCUT2D eigenvalue weighted by atomic mass is 16.6. The lowest BCUT2D eigenvalue weighted by Gasteiger charge is -2.33. The van der Waals surface area contributed by atoms with Crippen LogP contribution >= 0.6 is 0 Å². The van der Waals surface area contributed by atoms with E-state index in [1.165, 1.54) is 0 Å². The monoisotopic (exact) mass is 259 g/mol. The number of esters is 1. The average molecular weight is 259 g/mol. The molecule has 0 spiro atoms. The summed E-state index contributed by atoms with van der Waals surface area (Å²) in [4.78, 5) is 11.9. The van der Waals surface area contributed by atoms with Gasteiger partial charge in [-0.05, 0) is 31.6 Å². The van der Waals surface area contributed by atoms with Gasteiger partial charge in [0.05, 0.1) is 19.8 Å². The molecule has 2 N–H and O–H groups in total. The average Bonchev–Trinajstić information content (AvgIpc) is 2.37. The predicted octanol–water partition coefficient (Wildman–Crippen LogP) is 1.10. The van der Waals surface area contributed by atoms with Crippen LogP contribution in [0.5, 0.6) is 0 Å². The van der Waals surface area contributed by atoms with E-state index in [-0.39, 0.29) is 12.6 Å². The number of methoxy groups -OCH3 is 1. The lowest BCUT2D eigenvalue weighted by atomic mass is 9.78. The molecular formula is C13H25NO4. The third kappa shape index (κ3) is 4.92. The summed E-state index contributed by atoms with van der Waals surface area (Å²) in [7, 11) is 1.62. The highest BCUT2D eigenvalue weighted by Crippen LogP contribution is 2.30. The van der Waals surface area contributed by atoms with Gasteiger partial charge in [-0.2, -0.15) is 0 Å². The summed E-state index contributed by atoms with van der Waals surface area (Å²) in [6.45, 7) is 3.90. The zero-order valence-corrected chi connectivity index (χ0v) is 11.4. The van der Waals surface area contributed by atoms with E-state index < -0.39 is 5.54 Å². The Bertz CT molecular complexity index is 249. The van der Waals surface area contributed by atoms with Crippen molar-refractivity contribution in [3.63, 3.8) is 0 Å². The quantitative estimate of drug-likeness (QED) is 0.547. The van der Waals surface area contributed by atoms with Crippen molar-refractivity contribution in [2.24, 2.45) is 11.7 Å². The molecule has 0 aliphatic heterocycles. The first-order valence-electron chi connectivity index (χ1n) is 6.61. The third-order valence-electron chi connectivity index (χ3n) is 3.47. The van der Waals surface area contributed by atoms with Gasteiger partial charge >= 0.3 is 5.97 Å². The Morgan fingerprint density at radius 3 is 2.44 bits per heavy atom. The second-order valence-corrected chi connectivity index (χ2v) is 5.08. The maximum atomic E-state index is 11.9. The van der Waals surface area contributed by atoms with Gasteiger partial charge in [0, 0.05) is 7.11 Å². The van der Waals surface area contributed by atoms with Crippen molar-refractivity contribution in [1.82, 2.24) is 0 Å². The Labute approximate surface area is 109 Å². The summed E-state index contributed by atoms with van der Waals surface area (Å²) in [6.07, 6.45) is 3.43. The smallest absolute Gasteiger partial charge is 0.326 e. The zero-order valence-electron chi connectivity index (χ0n) is 11.4. The number of hydrogen-bond acceptors (Lipinski definition) is 5. The molecule has 0 amide bonds. The van der Waals surface area contributed by atoms with Crippen LogP contribution in [-0.2, 0) is 19.0 Å². The van der Waals surface area contributed by atoms with E-state index in [9.17, 15) is 4.79 Å². The normalized spacial score (nSPS) is 28.1. The molecule has 106 valence electrons. The van der Waals surface area contributed by atoms with Crippen LogP contribution in [0.1, 0.15) is 32.6 Å². The second kappa shape index (κ2) is 7.71. The summed E-state index contributed by atoms with van der Waals surface area (Å²) in [5, 5.41) is 0. The Morgan fingerprint density at radius 1 is 1.22 bits per heavy atom. The van der Waals surface area contributed by atoms with Gasteiger partial charge in [0.25, 0.3) is 0 Å².